The Morgan fingerprint density at radius 2 is 2.09 bits per heavy atom. The first kappa shape index (κ1) is 17.2. The highest BCUT2D eigenvalue weighted by Gasteiger charge is 2.15. The summed E-state index contributed by atoms with van der Waals surface area (Å²) >= 11 is 12.5. The molecule has 0 aliphatic heterocycles. The van der Waals surface area contributed by atoms with Gasteiger partial charge in [-0.2, -0.15) is 0 Å². The molecule has 23 heavy (non-hydrogen) atoms. The molecule has 0 atom stereocenters. The van der Waals surface area contributed by atoms with Crippen molar-refractivity contribution in [1.29, 1.82) is 0 Å². The number of nitrogens with two attached hydrogens (primary N) is 1. The van der Waals surface area contributed by atoms with Gasteiger partial charge in [0.05, 0.1) is 16.1 Å². The van der Waals surface area contributed by atoms with E-state index in [2.05, 4.69) is 10.3 Å². The second-order valence-electron chi connectivity index (χ2n) is 4.15. The molecule has 2 heterocycles. The van der Waals surface area contributed by atoms with Gasteiger partial charge in [-0.1, -0.05) is 23.2 Å². The molecule has 0 spiro atoms. The van der Waals surface area contributed by atoms with Crippen molar-refractivity contribution in [2.45, 2.75) is 0 Å². The van der Waals surface area contributed by atoms with Crippen LogP contribution in [0.4, 0.5) is 5.00 Å². The van der Waals surface area contributed by atoms with Crippen LogP contribution < -0.4 is 11.1 Å². The van der Waals surface area contributed by atoms with Crippen LogP contribution in [-0.4, -0.2) is 29.4 Å². The summed E-state index contributed by atoms with van der Waals surface area (Å²) in [6.07, 6.45) is 1.18. The van der Waals surface area contributed by atoms with E-state index < -0.39 is 24.4 Å². The van der Waals surface area contributed by atoms with Gasteiger partial charge < -0.3 is 15.8 Å². The molecule has 0 aromatic carbocycles. The number of carbonyl (C=O) groups is 3. The fourth-order valence-electron chi connectivity index (χ4n) is 1.51. The predicted molar refractivity (Wildman–Crippen MR) is 86.0 cm³/mol. The highest BCUT2D eigenvalue weighted by Crippen LogP contribution is 2.22. The molecular formula is C13H9Cl2N3O4S. The van der Waals surface area contributed by atoms with E-state index in [1.165, 1.54) is 18.3 Å². The molecule has 2 aromatic rings. The number of amides is 2. The average molecular weight is 374 g/mol. The van der Waals surface area contributed by atoms with Crippen LogP contribution >= 0.6 is 34.5 Å². The Kier molecular flexibility index (Phi) is 5.54. The number of aromatic nitrogens is 1. The summed E-state index contributed by atoms with van der Waals surface area (Å²) in [6.45, 7) is -0.546. The summed E-state index contributed by atoms with van der Waals surface area (Å²) in [5.41, 5.74) is 5.40. The van der Waals surface area contributed by atoms with Crippen LogP contribution in [0.5, 0.6) is 0 Å². The van der Waals surface area contributed by atoms with Gasteiger partial charge in [0.1, 0.15) is 10.2 Å². The van der Waals surface area contributed by atoms with Crippen LogP contribution in [0.2, 0.25) is 10.2 Å². The van der Waals surface area contributed by atoms with Crippen LogP contribution in [0.3, 0.4) is 0 Å². The maximum absolute atomic E-state index is 11.8. The molecule has 120 valence electrons. The van der Waals surface area contributed by atoms with E-state index in [1.54, 1.807) is 5.38 Å². The zero-order chi connectivity index (χ0) is 17.0. The van der Waals surface area contributed by atoms with Crippen molar-refractivity contribution in [3.63, 3.8) is 0 Å². The highest BCUT2D eigenvalue weighted by molar-refractivity contribution is 7.14. The first-order valence-corrected chi connectivity index (χ1v) is 7.67. The normalized spacial score (nSPS) is 10.2. The quantitative estimate of drug-likeness (QED) is 0.616. The lowest BCUT2D eigenvalue weighted by Crippen LogP contribution is -2.22. The third-order valence-corrected chi connectivity index (χ3v) is 4.07. The largest absolute Gasteiger partial charge is 0.452 e. The van der Waals surface area contributed by atoms with E-state index in [9.17, 15) is 14.4 Å². The first-order valence-electron chi connectivity index (χ1n) is 6.04. The maximum atomic E-state index is 11.8. The van der Waals surface area contributed by atoms with Gasteiger partial charge in [-0.3, -0.25) is 9.59 Å². The zero-order valence-corrected chi connectivity index (χ0v) is 13.7. The van der Waals surface area contributed by atoms with Gasteiger partial charge in [0, 0.05) is 6.20 Å². The summed E-state index contributed by atoms with van der Waals surface area (Å²) in [4.78, 5) is 38.4. The van der Waals surface area contributed by atoms with Gasteiger partial charge >= 0.3 is 5.97 Å². The maximum Gasteiger partial charge on any atom is 0.340 e. The Hall–Kier alpha value is -2.16. The van der Waals surface area contributed by atoms with Gasteiger partial charge in [0.2, 0.25) is 0 Å². The van der Waals surface area contributed by atoms with Crippen molar-refractivity contribution in [2.24, 2.45) is 5.73 Å². The van der Waals surface area contributed by atoms with Gasteiger partial charge in [-0.05, 0) is 17.5 Å². The van der Waals surface area contributed by atoms with Crippen molar-refractivity contribution in [1.82, 2.24) is 4.98 Å². The molecule has 0 fully saturated rings. The molecule has 2 amide bonds. The van der Waals surface area contributed by atoms with E-state index in [-0.39, 0.29) is 26.3 Å². The molecule has 0 aliphatic carbocycles. The number of carbonyl (C=O) groups excluding carboxylic acids is 3. The first-order chi connectivity index (χ1) is 10.9. The smallest absolute Gasteiger partial charge is 0.340 e. The number of primary amides is 1. The molecule has 3 N–H and O–H groups in total. The molecular weight excluding hydrogens is 365 g/mol. The number of hydrogen-bond acceptors (Lipinski definition) is 6. The van der Waals surface area contributed by atoms with Crippen molar-refractivity contribution in [2.75, 3.05) is 11.9 Å². The third kappa shape index (κ3) is 4.41. The Bertz CT molecular complexity index is 778. The minimum absolute atomic E-state index is 0.0534. The molecule has 2 aromatic heterocycles. The number of ether oxygens (including phenoxy) is 1. The molecule has 7 nitrogen and oxygen atoms in total. The van der Waals surface area contributed by atoms with Crippen molar-refractivity contribution < 1.29 is 19.1 Å². The highest BCUT2D eigenvalue weighted by atomic mass is 35.5. The number of anilines is 1. The molecule has 2 rings (SSSR count). The molecule has 0 unspecified atom stereocenters. The summed E-state index contributed by atoms with van der Waals surface area (Å²) in [5.74, 6) is -2.07. The zero-order valence-electron chi connectivity index (χ0n) is 11.3. The van der Waals surface area contributed by atoms with E-state index in [0.29, 0.717) is 0 Å². The van der Waals surface area contributed by atoms with E-state index in [0.717, 1.165) is 11.3 Å². The minimum atomic E-state index is -0.785. The SMILES string of the molecule is NC(=O)c1ccsc1NC(=O)COC(=O)c1cnc(Cl)c(Cl)c1. The minimum Gasteiger partial charge on any atom is -0.452 e. The summed E-state index contributed by atoms with van der Waals surface area (Å²) in [5, 5.41) is 4.47. The van der Waals surface area contributed by atoms with Crippen LogP contribution in [0, 0.1) is 0 Å². The standard InChI is InChI=1S/C13H9Cl2N3O4S/c14-8-3-6(4-17-10(8)15)13(21)22-5-9(19)18-12-7(11(16)20)1-2-23-12/h1-4H,5H2,(H2,16,20)(H,18,19). The Morgan fingerprint density at radius 3 is 2.74 bits per heavy atom. The van der Waals surface area contributed by atoms with Crippen LogP contribution in [-0.2, 0) is 9.53 Å². The molecule has 0 saturated heterocycles. The van der Waals surface area contributed by atoms with Crippen molar-refractivity contribution in [3.8, 4) is 0 Å². The number of nitrogens with zero attached hydrogens (tertiary/aromatic N) is 1. The van der Waals surface area contributed by atoms with E-state index >= 15 is 0 Å². The summed E-state index contributed by atoms with van der Waals surface area (Å²) < 4.78 is 4.83. The number of thiophene rings is 1. The number of nitrogens with one attached hydrogen (secondary N) is 1. The summed E-state index contributed by atoms with van der Waals surface area (Å²) in [7, 11) is 0. The molecule has 0 saturated carbocycles. The number of hydrogen-bond donors (Lipinski definition) is 2. The van der Waals surface area contributed by atoms with Crippen LogP contribution in [0.15, 0.2) is 23.7 Å². The second-order valence-corrected chi connectivity index (χ2v) is 5.83. The van der Waals surface area contributed by atoms with Crippen molar-refractivity contribution in [3.05, 3.63) is 45.0 Å². The fourth-order valence-corrected chi connectivity index (χ4v) is 2.59. The van der Waals surface area contributed by atoms with E-state index in [1.807, 2.05) is 0 Å². The lowest BCUT2D eigenvalue weighted by Gasteiger charge is -2.06. The van der Waals surface area contributed by atoms with Crippen molar-refractivity contribution >= 4 is 57.3 Å². The van der Waals surface area contributed by atoms with Gasteiger partial charge in [0.25, 0.3) is 11.8 Å². The monoisotopic (exact) mass is 373 g/mol. The lowest BCUT2D eigenvalue weighted by atomic mass is 10.3. The average Bonchev–Trinajstić information content (AvgIpc) is 2.96. The van der Waals surface area contributed by atoms with Gasteiger partial charge in [-0.15, -0.1) is 11.3 Å². The topological polar surface area (TPSA) is 111 Å². The molecule has 0 bridgehead atoms. The molecule has 0 aliphatic rings. The summed E-state index contributed by atoms with van der Waals surface area (Å²) in [6, 6.07) is 2.76. The second kappa shape index (κ2) is 7.40. The molecule has 10 heteroatoms. The Balaban J connectivity index is 1.93. The molecule has 0 radical (unpaired) electrons. The van der Waals surface area contributed by atoms with Crippen LogP contribution in [0.1, 0.15) is 20.7 Å². The van der Waals surface area contributed by atoms with Gasteiger partial charge in [0.15, 0.2) is 6.61 Å². The number of esters is 1. The fraction of sp³-hybridized carbons (Fsp3) is 0.0769. The third-order valence-electron chi connectivity index (χ3n) is 2.55. The van der Waals surface area contributed by atoms with Gasteiger partial charge in [-0.25, -0.2) is 9.78 Å². The van der Waals surface area contributed by atoms with Crippen LogP contribution in [0.25, 0.3) is 0 Å². The lowest BCUT2D eigenvalue weighted by molar-refractivity contribution is -0.119. The Labute approximate surface area is 144 Å². The number of rotatable bonds is 5. The number of halogens is 2. The Morgan fingerprint density at radius 1 is 1.35 bits per heavy atom. The number of pyridine rings is 1. The van der Waals surface area contributed by atoms with E-state index in [4.69, 9.17) is 33.7 Å². The predicted octanol–water partition coefficient (Wildman–Crippen LogP) is 2.34.